The maximum absolute atomic E-state index is 5.39. The highest BCUT2D eigenvalue weighted by molar-refractivity contribution is 9.10. The lowest BCUT2D eigenvalue weighted by Gasteiger charge is -2.10. The van der Waals surface area contributed by atoms with Gasteiger partial charge in [-0.15, -0.1) is 0 Å². The van der Waals surface area contributed by atoms with Crippen molar-refractivity contribution < 1.29 is 9.47 Å². The number of halogens is 1. The predicted molar refractivity (Wildman–Crippen MR) is 91.8 cm³/mol. The Kier molecular flexibility index (Phi) is 3.83. The van der Waals surface area contributed by atoms with Crippen molar-refractivity contribution >= 4 is 27.0 Å². The number of imidazole rings is 1. The zero-order valence-corrected chi connectivity index (χ0v) is 14.5. The van der Waals surface area contributed by atoms with Crippen LogP contribution < -0.4 is 9.47 Å². The Morgan fingerprint density at radius 3 is 2.41 bits per heavy atom. The Morgan fingerprint density at radius 1 is 1.00 bits per heavy atom. The van der Waals surface area contributed by atoms with E-state index in [0.717, 1.165) is 26.9 Å². The van der Waals surface area contributed by atoms with E-state index in [1.54, 1.807) is 14.2 Å². The van der Waals surface area contributed by atoms with Crippen molar-refractivity contribution in [2.75, 3.05) is 14.2 Å². The van der Waals surface area contributed by atoms with Crippen LogP contribution in [0.15, 0.2) is 28.7 Å². The summed E-state index contributed by atoms with van der Waals surface area (Å²) in [7, 11) is 3.24. The summed E-state index contributed by atoms with van der Waals surface area (Å²) >= 11 is 3.52. The van der Waals surface area contributed by atoms with Crippen molar-refractivity contribution in [3.8, 4) is 22.9 Å². The van der Waals surface area contributed by atoms with Gasteiger partial charge in [0.15, 0.2) is 11.5 Å². The van der Waals surface area contributed by atoms with Gasteiger partial charge in [-0.1, -0.05) is 0 Å². The lowest BCUT2D eigenvalue weighted by atomic mass is 10.1. The predicted octanol–water partition coefficient (Wildman–Crippen LogP) is 4.63. The van der Waals surface area contributed by atoms with E-state index in [4.69, 9.17) is 9.47 Å². The first-order valence-electron chi connectivity index (χ1n) is 6.92. The molecule has 3 aromatic rings. The monoisotopic (exact) mass is 360 g/mol. The van der Waals surface area contributed by atoms with Gasteiger partial charge in [-0.3, -0.25) is 0 Å². The van der Waals surface area contributed by atoms with Gasteiger partial charge in [0.25, 0.3) is 0 Å². The average molecular weight is 361 g/mol. The number of benzene rings is 2. The van der Waals surface area contributed by atoms with E-state index in [1.165, 1.54) is 11.1 Å². The third kappa shape index (κ3) is 2.46. The van der Waals surface area contributed by atoms with Gasteiger partial charge >= 0.3 is 0 Å². The number of aryl methyl sites for hydroxylation is 2. The van der Waals surface area contributed by atoms with E-state index in [-0.39, 0.29) is 0 Å². The second-order valence-corrected chi connectivity index (χ2v) is 6.09. The maximum Gasteiger partial charge on any atom is 0.174 e. The number of ether oxygens (including phenoxy) is 2. The molecule has 1 heterocycles. The van der Waals surface area contributed by atoms with Crippen LogP contribution in [0.5, 0.6) is 11.5 Å². The van der Waals surface area contributed by atoms with Crippen LogP contribution in [0.3, 0.4) is 0 Å². The van der Waals surface area contributed by atoms with E-state index >= 15 is 0 Å². The number of aromatic amines is 1. The molecule has 4 nitrogen and oxygen atoms in total. The molecular formula is C17H17BrN2O2. The molecular weight excluding hydrogens is 344 g/mol. The number of nitrogens with zero attached hydrogens (tertiary/aromatic N) is 1. The quantitative estimate of drug-likeness (QED) is 0.740. The standard InChI is InChI=1S/C17H17BrN2O2/c1-9-5-13-14(6-10(9)2)20-17(19-13)11-7-12(18)16(22-4)15(8-11)21-3/h5-8H,1-4H3,(H,19,20). The van der Waals surface area contributed by atoms with Crippen molar-refractivity contribution in [3.63, 3.8) is 0 Å². The molecule has 0 aliphatic carbocycles. The minimum atomic E-state index is 0.666. The summed E-state index contributed by atoms with van der Waals surface area (Å²) in [5.41, 5.74) is 5.42. The van der Waals surface area contributed by atoms with E-state index in [9.17, 15) is 0 Å². The Morgan fingerprint density at radius 2 is 1.73 bits per heavy atom. The van der Waals surface area contributed by atoms with Crippen LogP contribution in [0.1, 0.15) is 11.1 Å². The fourth-order valence-corrected chi connectivity index (χ4v) is 3.06. The van der Waals surface area contributed by atoms with Crippen LogP contribution in [-0.4, -0.2) is 24.2 Å². The molecule has 0 bridgehead atoms. The molecule has 5 heteroatoms. The third-order valence-corrected chi connectivity index (χ3v) is 4.39. The molecule has 0 unspecified atom stereocenters. The van der Waals surface area contributed by atoms with Gasteiger partial charge in [-0.25, -0.2) is 4.98 Å². The van der Waals surface area contributed by atoms with Crippen LogP contribution in [-0.2, 0) is 0 Å². The molecule has 1 N–H and O–H groups in total. The number of rotatable bonds is 3. The van der Waals surface area contributed by atoms with Crippen LogP contribution in [0.25, 0.3) is 22.4 Å². The van der Waals surface area contributed by atoms with Gasteiger partial charge in [0.1, 0.15) is 5.82 Å². The van der Waals surface area contributed by atoms with Crippen LogP contribution in [0, 0.1) is 13.8 Å². The molecule has 0 atom stereocenters. The minimum Gasteiger partial charge on any atom is -0.493 e. The zero-order valence-electron chi connectivity index (χ0n) is 13.0. The van der Waals surface area contributed by atoms with Gasteiger partial charge < -0.3 is 14.5 Å². The highest BCUT2D eigenvalue weighted by atomic mass is 79.9. The molecule has 0 amide bonds. The first kappa shape index (κ1) is 14.9. The van der Waals surface area contributed by atoms with Crippen molar-refractivity contribution in [1.82, 2.24) is 9.97 Å². The third-order valence-electron chi connectivity index (χ3n) is 3.80. The summed E-state index contributed by atoms with van der Waals surface area (Å²) < 4.78 is 11.6. The Hall–Kier alpha value is -2.01. The number of fused-ring (bicyclic) bond motifs is 1. The molecule has 3 rings (SSSR count). The summed E-state index contributed by atoms with van der Waals surface area (Å²) in [6, 6.07) is 8.11. The summed E-state index contributed by atoms with van der Waals surface area (Å²) in [5, 5.41) is 0. The highest BCUT2D eigenvalue weighted by Gasteiger charge is 2.14. The van der Waals surface area contributed by atoms with Crippen LogP contribution in [0.4, 0.5) is 0 Å². The fourth-order valence-electron chi connectivity index (χ4n) is 2.46. The van der Waals surface area contributed by atoms with Crippen LogP contribution >= 0.6 is 15.9 Å². The van der Waals surface area contributed by atoms with Gasteiger partial charge in [0.2, 0.25) is 0 Å². The summed E-state index contributed by atoms with van der Waals surface area (Å²) in [5.74, 6) is 2.15. The largest absolute Gasteiger partial charge is 0.493 e. The molecule has 0 saturated carbocycles. The second kappa shape index (κ2) is 5.65. The molecule has 0 saturated heterocycles. The maximum atomic E-state index is 5.39. The normalized spacial score (nSPS) is 11.0. The molecule has 114 valence electrons. The molecule has 22 heavy (non-hydrogen) atoms. The number of nitrogens with one attached hydrogen (secondary N) is 1. The number of hydrogen-bond donors (Lipinski definition) is 1. The van der Waals surface area contributed by atoms with E-state index < -0.39 is 0 Å². The highest BCUT2D eigenvalue weighted by Crippen LogP contribution is 2.39. The first-order chi connectivity index (χ1) is 10.5. The lowest BCUT2D eigenvalue weighted by Crippen LogP contribution is -1.93. The number of hydrogen-bond acceptors (Lipinski definition) is 3. The Balaban J connectivity index is 2.17. The first-order valence-corrected chi connectivity index (χ1v) is 7.71. The molecule has 2 aromatic carbocycles. The topological polar surface area (TPSA) is 47.1 Å². The zero-order chi connectivity index (χ0) is 15.9. The van der Waals surface area contributed by atoms with Crippen molar-refractivity contribution in [1.29, 1.82) is 0 Å². The van der Waals surface area contributed by atoms with Crippen molar-refractivity contribution in [2.24, 2.45) is 0 Å². The Bertz CT molecular complexity index is 816. The molecule has 0 spiro atoms. The van der Waals surface area contributed by atoms with E-state index in [1.807, 2.05) is 12.1 Å². The second-order valence-electron chi connectivity index (χ2n) is 5.23. The lowest BCUT2D eigenvalue weighted by molar-refractivity contribution is 0.353. The smallest absolute Gasteiger partial charge is 0.174 e. The molecule has 0 radical (unpaired) electrons. The van der Waals surface area contributed by atoms with Gasteiger partial charge in [-0.2, -0.15) is 0 Å². The van der Waals surface area contributed by atoms with Crippen molar-refractivity contribution in [2.45, 2.75) is 13.8 Å². The van der Waals surface area contributed by atoms with E-state index in [2.05, 4.69) is 51.9 Å². The number of methoxy groups -OCH3 is 2. The van der Waals surface area contributed by atoms with Crippen molar-refractivity contribution in [3.05, 3.63) is 39.9 Å². The van der Waals surface area contributed by atoms with Gasteiger partial charge in [-0.05, 0) is 65.2 Å². The summed E-state index contributed by atoms with van der Waals surface area (Å²) in [6.45, 7) is 4.19. The molecule has 1 aromatic heterocycles. The van der Waals surface area contributed by atoms with Crippen LogP contribution in [0.2, 0.25) is 0 Å². The summed E-state index contributed by atoms with van der Waals surface area (Å²) in [6.07, 6.45) is 0. The molecule has 0 aliphatic heterocycles. The average Bonchev–Trinajstić information content (AvgIpc) is 2.89. The van der Waals surface area contributed by atoms with E-state index in [0.29, 0.717) is 11.5 Å². The van der Waals surface area contributed by atoms with Gasteiger partial charge in [0.05, 0.1) is 29.7 Å². The molecule has 0 fully saturated rings. The SMILES string of the molecule is COc1cc(-c2nc3cc(C)c(C)cc3[nH]2)cc(Br)c1OC. The minimum absolute atomic E-state index is 0.666. The Labute approximate surface area is 137 Å². The fraction of sp³-hybridized carbons (Fsp3) is 0.235. The number of aromatic nitrogens is 2. The van der Waals surface area contributed by atoms with Gasteiger partial charge in [0, 0.05) is 5.56 Å². The number of H-pyrrole nitrogens is 1. The molecule has 0 aliphatic rings. The summed E-state index contributed by atoms with van der Waals surface area (Å²) in [4.78, 5) is 8.05.